The van der Waals surface area contributed by atoms with Gasteiger partial charge in [-0.25, -0.2) is 0 Å². The first-order valence-electron chi connectivity index (χ1n) is 8.85. The van der Waals surface area contributed by atoms with Crippen molar-refractivity contribution in [3.8, 4) is 0 Å². The molecule has 3 aliphatic heterocycles. The quantitative estimate of drug-likeness (QED) is 0.839. The van der Waals surface area contributed by atoms with Gasteiger partial charge < -0.3 is 9.80 Å². The predicted molar refractivity (Wildman–Crippen MR) is 93.1 cm³/mol. The van der Waals surface area contributed by atoms with Crippen molar-refractivity contribution >= 4 is 17.9 Å². The van der Waals surface area contributed by atoms with Gasteiger partial charge in [0.25, 0.3) is 5.91 Å². The Morgan fingerprint density at radius 1 is 1.12 bits per heavy atom. The summed E-state index contributed by atoms with van der Waals surface area (Å²) in [6.07, 6.45) is 7.26. The van der Waals surface area contributed by atoms with Gasteiger partial charge in [0, 0.05) is 12.1 Å². The first kappa shape index (κ1) is 15.4. The van der Waals surface area contributed by atoms with E-state index in [0.29, 0.717) is 13.0 Å². The van der Waals surface area contributed by atoms with Crippen molar-refractivity contribution < 1.29 is 9.59 Å². The number of fused-ring (bicyclic) bond motifs is 2. The minimum absolute atomic E-state index is 0.113. The van der Waals surface area contributed by atoms with E-state index < -0.39 is 5.54 Å². The van der Waals surface area contributed by atoms with Gasteiger partial charge in [0.1, 0.15) is 11.6 Å². The average molecular weight is 324 g/mol. The molecule has 2 atom stereocenters. The number of carbonyl (C=O) groups excluding carboxylic acids is 2. The van der Waals surface area contributed by atoms with Gasteiger partial charge in [-0.15, -0.1) is 0 Å². The maximum atomic E-state index is 13.3. The SMILES string of the molecule is CC1(C)CC[C@@]2(/C=C/c3ccccc3)C(=O)N3CCC[C@H]3C(=O)N12. The standard InChI is InChI=1S/C20H24N2O2/c1-19(2)12-13-20(11-10-15-7-4-3-5-8-15)18(24)21-14-6-9-16(21)17(23)22(19)20/h3-5,7-8,10-11,16H,6,9,12-14H2,1-2H3/b11-10+/t16-,20-/m0/s1. The number of carbonyl (C=O) groups is 2. The lowest BCUT2D eigenvalue weighted by atomic mass is 9.89. The second kappa shape index (κ2) is 5.20. The Kier molecular flexibility index (Phi) is 3.34. The van der Waals surface area contributed by atoms with Crippen molar-refractivity contribution in [3.63, 3.8) is 0 Å². The van der Waals surface area contributed by atoms with Gasteiger partial charge in [-0.1, -0.05) is 36.4 Å². The van der Waals surface area contributed by atoms with E-state index in [2.05, 4.69) is 13.8 Å². The van der Waals surface area contributed by atoms with Crippen molar-refractivity contribution in [2.45, 2.75) is 56.7 Å². The highest BCUT2D eigenvalue weighted by Crippen LogP contribution is 2.48. The summed E-state index contributed by atoms with van der Waals surface area (Å²) in [6, 6.07) is 9.74. The van der Waals surface area contributed by atoms with E-state index in [1.807, 2.05) is 52.3 Å². The van der Waals surface area contributed by atoms with E-state index in [4.69, 9.17) is 0 Å². The molecule has 1 aromatic carbocycles. The third-order valence-electron chi connectivity index (χ3n) is 5.86. The molecule has 3 saturated heterocycles. The van der Waals surface area contributed by atoms with Crippen LogP contribution in [-0.4, -0.2) is 45.3 Å². The molecule has 0 unspecified atom stereocenters. The summed E-state index contributed by atoms with van der Waals surface area (Å²) in [7, 11) is 0. The van der Waals surface area contributed by atoms with Gasteiger partial charge in [-0.05, 0) is 51.2 Å². The zero-order valence-corrected chi connectivity index (χ0v) is 14.4. The molecule has 3 heterocycles. The molecule has 3 aliphatic rings. The van der Waals surface area contributed by atoms with Crippen LogP contribution in [0.25, 0.3) is 6.08 Å². The van der Waals surface area contributed by atoms with Crippen molar-refractivity contribution in [1.82, 2.24) is 9.80 Å². The number of piperazine rings is 1. The highest BCUT2D eigenvalue weighted by atomic mass is 16.2. The van der Waals surface area contributed by atoms with Crippen LogP contribution in [0.5, 0.6) is 0 Å². The fraction of sp³-hybridized carbons (Fsp3) is 0.500. The van der Waals surface area contributed by atoms with Crippen LogP contribution in [0.3, 0.4) is 0 Å². The number of amides is 2. The average Bonchev–Trinajstić information content (AvgIpc) is 3.16. The molecule has 4 nitrogen and oxygen atoms in total. The molecular formula is C20H24N2O2. The summed E-state index contributed by atoms with van der Waals surface area (Å²) in [5, 5.41) is 0. The molecular weight excluding hydrogens is 300 g/mol. The van der Waals surface area contributed by atoms with Crippen LogP contribution in [0, 0.1) is 0 Å². The Hall–Kier alpha value is -2.10. The molecule has 0 aliphatic carbocycles. The van der Waals surface area contributed by atoms with Crippen molar-refractivity contribution in [1.29, 1.82) is 0 Å². The van der Waals surface area contributed by atoms with Gasteiger partial charge in [-0.3, -0.25) is 9.59 Å². The monoisotopic (exact) mass is 324 g/mol. The molecule has 126 valence electrons. The summed E-state index contributed by atoms with van der Waals surface area (Å²) in [5.74, 6) is 0.245. The Labute approximate surface area is 143 Å². The number of benzene rings is 1. The lowest BCUT2D eigenvalue weighted by molar-refractivity contribution is -0.166. The summed E-state index contributed by atoms with van der Waals surface area (Å²) in [4.78, 5) is 30.2. The Morgan fingerprint density at radius 2 is 1.88 bits per heavy atom. The second-order valence-electron chi connectivity index (χ2n) is 7.81. The summed E-state index contributed by atoms with van der Waals surface area (Å²) < 4.78 is 0. The van der Waals surface area contributed by atoms with Crippen LogP contribution in [0.15, 0.2) is 36.4 Å². The van der Waals surface area contributed by atoms with Gasteiger partial charge in [0.05, 0.1) is 0 Å². The van der Waals surface area contributed by atoms with Gasteiger partial charge in [-0.2, -0.15) is 0 Å². The topological polar surface area (TPSA) is 40.6 Å². The summed E-state index contributed by atoms with van der Waals surface area (Å²) >= 11 is 0. The lowest BCUT2D eigenvalue weighted by Gasteiger charge is -2.50. The fourth-order valence-electron chi connectivity index (χ4n) is 4.65. The molecule has 0 radical (unpaired) electrons. The minimum Gasteiger partial charge on any atom is -0.328 e. The van der Waals surface area contributed by atoms with Crippen molar-refractivity contribution in [2.75, 3.05) is 6.54 Å². The predicted octanol–water partition coefficient (Wildman–Crippen LogP) is 2.84. The van der Waals surface area contributed by atoms with E-state index in [0.717, 1.165) is 24.8 Å². The zero-order valence-electron chi connectivity index (χ0n) is 14.4. The lowest BCUT2D eigenvalue weighted by Crippen LogP contribution is -2.70. The fourth-order valence-corrected chi connectivity index (χ4v) is 4.65. The maximum absolute atomic E-state index is 13.3. The molecule has 24 heavy (non-hydrogen) atoms. The molecule has 3 fully saturated rings. The molecule has 0 bridgehead atoms. The third-order valence-corrected chi connectivity index (χ3v) is 5.86. The van der Waals surface area contributed by atoms with E-state index in [-0.39, 0.29) is 23.4 Å². The molecule has 0 aromatic heterocycles. The third kappa shape index (κ3) is 2.05. The molecule has 1 aromatic rings. The first-order valence-corrected chi connectivity index (χ1v) is 8.85. The van der Waals surface area contributed by atoms with Crippen molar-refractivity contribution in [3.05, 3.63) is 42.0 Å². The normalized spacial score (nSPS) is 31.7. The second-order valence-corrected chi connectivity index (χ2v) is 7.81. The number of rotatable bonds is 2. The van der Waals surface area contributed by atoms with Crippen LogP contribution in [0.4, 0.5) is 0 Å². The molecule has 4 heteroatoms. The summed E-state index contributed by atoms with van der Waals surface area (Å²) in [5.41, 5.74) is -0.0278. The largest absolute Gasteiger partial charge is 0.328 e. The highest BCUT2D eigenvalue weighted by molar-refractivity contribution is 6.03. The molecule has 0 spiro atoms. The Balaban J connectivity index is 1.79. The molecule has 4 rings (SSSR count). The van der Waals surface area contributed by atoms with Gasteiger partial charge >= 0.3 is 0 Å². The van der Waals surface area contributed by atoms with Crippen LogP contribution in [0.2, 0.25) is 0 Å². The van der Waals surface area contributed by atoms with Crippen molar-refractivity contribution in [2.24, 2.45) is 0 Å². The van der Waals surface area contributed by atoms with Gasteiger partial charge in [0.15, 0.2) is 0 Å². The van der Waals surface area contributed by atoms with Crippen LogP contribution < -0.4 is 0 Å². The highest BCUT2D eigenvalue weighted by Gasteiger charge is 2.63. The van der Waals surface area contributed by atoms with E-state index >= 15 is 0 Å². The van der Waals surface area contributed by atoms with Crippen LogP contribution in [0.1, 0.15) is 45.1 Å². The van der Waals surface area contributed by atoms with Gasteiger partial charge in [0.2, 0.25) is 5.91 Å². The Morgan fingerprint density at radius 3 is 2.62 bits per heavy atom. The van der Waals surface area contributed by atoms with E-state index in [1.54, 1.807) is 0 Å². The zero-order chi connectivity index (χ0) is 16.9. The smallest absolute Gasteiger partial charge is 0.253 e. The van der Waals surface area contributed by atoms with E-state index in [9.17, 15) is 9.59 Å². The van der Waals surface area contributed by atoms with E-state index in [1.165, 1.54) is 0 Å². The molecule has 0 saturated carbocycles. The molecule has 2 amide bonds. The number of hydrogen-bond donors (Lipinski definition) is 0. The maximum Gasteiger partial charge on any atom is 0.253 e. The Bertz CT molecular complexity index is 710. The first-order chi connectivity index (χ1) is 11.5. The van der Waals surface area contributed by atoms with Crippen LogP contribution in [-0.2, 0) is 9.59 Å². The number of nitrogens with zero attached hydrogens (tertiary/aromatic N) is 2. The number of hydrogen-bond acceptors (Lipinski definition) is 2. The minimum atomic E-state index is -0.808. The van der Waals surface area contributed by atoms with Crippen LogP contribution >= 0.6 is 0 Å². The summed E-state index contributed by atoms with van der Waals surface area (Å²) in [6.45, 7) is 4.88. The molecule has 0 N–H and O–H groups in total.